The van der Waals surface area contributed by atoms with Gasteiger partial charge in [0.15, 0.2) is 0 Å². The fraction of sp³-hybridized carbons (Fsp3) is 0.167. The van der Waals surface area contributed by atoms with Crippen LogP contribution in [0.3, 0.4) is 0 Å². The monoisotopic (exact) mass is 124 g/mol. The van der Waals surface area contributed by atoms with E-state index in [0.29, 0.717) is 12.1 Å². The molecule has 0 saturated heterocycles. The molecule has 3 heteroatoms. The van der Waals surface area contributed by atoms with Crippen LogP contribution in [-0.2, 0) is 4.79 Å². The smallest absolute Gasteiger partial charge is 0.335 e. The molecule has 1 rings (SSSR count). The Morgan fingerprint density at radius 2 is 2.56 bits per heavy atom. The molecule has 0 fully saturated rings. The van der Waals surface area contributed by atoms with Gasteiger partial charge in [0, 0.05) is 6.20 Å². The van der Waals surface area contributed by atoms with Crippen molar-refractivity contribution in [3.63, 3.8) is 0 Å². The second kappa shape index (κ2) is 2.35. The van der Waals surface area contributed by atoms with E-state index in [1.165, 1.54) is 12.3 Å². The van der Waals surface area contributed by atoms with E-state index in [9.17, 15) is 4.79 Å². The third-order valence-electron chi connectivity index (χ3n) is 1.02. The molecule has 1 heterocycles. The largest absolute Gasteiger partial charge is 0.478 e. The molecule has 9 heavy (non-hydrogen) atoms. The summed E-state index contributed by atoms with van der Waals surface area (Å²) in [5.41, 5.74) is 0.324. The van der Waals surface area contributed by atoms with Crippen LogP contribution in [0.25, 0.3) is 0 Å². The van der Waals surface area contributed by atoms with Crippen LogP contribution in [0.15, 0.2) is 23.9 Å². The third kappa shape index (κ3) is 1.32. The maximum Gasteiger partial charge on any atom is 0.335 e. The van der Waals surface area contributed by atoms with Gasteiger partial charge in [0.2, 0.25) is 0 Å². The first kappa shape index (κ1) is 5.88. The summed E-state index contributed by atoms with van der Waals surface area (Å²) in [6, 6.07) is 0. The fourth-order valence-electron chi connectivity index (χ4n) is 0.572. The van der Waals surface area contributed by atoms with Crippen molar-refractivity contribution in [1.82, 2.24) is 5.32 Å². The van der Waals surface area contributed by atoms with Gasteiger partial charge in [-0.3, -0.25) is 5.32 Å². The summed E-state index contributed by atoms with van der Waals surface area (Å²) in [6.07, 6.45) is 4.55. The molecule has 0 bridgehead atoms. The zero-order valence-corrected chi connectivity index (χ0v) is 4.74. The number of carboxylic acids is 1. The van der Waals surface area contributed by atoms with Gasteiger partial charge < -0.3 is 5.11 Å². The summed E-state index contributed by atoms with van der Waals surface area (Å²) in [4.78, 5) is 10.2. The molecule has 47 valence electrons. The van der Waals surface area contributed by atoms with Gasteiger partial charge in [-0.05, 0) is 12.2 Å². The van der Waals surface area contributed by atoms with Crippen LogP contribution in [-0.4, -0.2) is 17.6 Å². The predicted molar refractivity (Wildman–Crippen MR) is 31.9 cm³/mol. The molecule has 0 unspecified atom stereocenters. The average molecular weight is 124 g/mol. The SMILES string of the molecule is O=C(O)C1=CC[N]C=C1. The van der Waals surface area contributed by atoms with Crippen molar-refractivity contribution in [3.05, 3.63) is 23.9 Å². The van der Waals surface area contributed by atoms with Gasteiger partial charge in [-0.15, -0.1) is 0 Å². The molecule has 0 saturated carbocycles. The number of aliphatic carboxylic acids is 1. The Bertz CT molecular complexity index is 181. The first-order chi connectivity index (χ1) is 4.30. The van der Waals surface area contributed by atoms with E-state index in [1.807, 2.05) is 0 Å². The van der Waals surface area contributed by atoms with Crippen LogP contribution >= 0.6 is 0 Å². The molecule has 1 N–H and O–H groups in total. The Morgan fingerprint density at radius 1 is 1.78 bits per heavy atom. The van der Waals surface area contributed by atoms with E-state index in [1.54, 1.807) is 6.08 Å². The Morgan fingerprint density at radius 3 is 2.89 bits per heavy atom. The number of hydrogen-bond donors (Lipinski definition) is 1. The molecule has 0 aromatic carbocycles. The Balaban J connectivity index is 2.69. The molecule has 1 aliphatic heterocycles. The lowest BCUT2D eigenvalue weighted by molar-refractivity contribution is -0.132. The maximum absolute atomic E-state index is 10.2. The molecule has 0 aromatic rings. The number of carbonyl (C=O) groups is 1. The normalized spacial score (nSPS) is 16.2. The highest BCUT2D eigenvalue weighted by Gasteiger charge is 2.03. The number of rotatable bonds is 1. The first-order valence-corrected chi connectivity index (χ1v) is 2.57. The Hall–Kier alpha value is -1.25. The zero-order chi connectivity index (χ0) is 6.69. The highest BCUT2D eigenvalue weighted by atomic mass is 16.4. The highest BCUT2D eigenvalue weighted by molar-refractivity contribution is 5.89. The Labute approximate surface area is 52.7 Å². The standard InChI is InChI=1S/C6H6NO2/c8-6(9)5-1-3-7-4-2-5/h1-3H,4H2,(H,8,9). The molecule has 0 aliphatic carbocycles. The van der Waals surface area contributed by atoms with Crippen molar-refractivity contribution in [2.24, 2.45) is 0 Å². The minimum Gasteiger partial charge on any atom is -0.478 e. The molecule has 0 spiro atoms. The van der Waals surface area contributed by atoms with E-state index in [-0.39, 0.29) is 0 Å². The van der Waals surface area contributed by atoms with Crippen molar-refractivity contribution >= 4 is 5.97 Å². The van der Waals surface area contributed by atoms with Crippen molar-refractivity contribution in [1.29, 1.82) is 0 Å². The summed E-state index contributed by atoms with van der Waals surface area (Å²) >= 11 is 0. The molecule has 3 nitrogen and oxygen atoms in total. The van der Waals surface area contributed by atoms with Crippen LogP contribution in [0.1, 0.15) is 0 Å². The average Bonchev–Trinajstić information content (AvgIpc) is 1.90. The summed E-state index contributed by atoms with van der Waals surface area (Å²) in [6.45, 7) is 0.484. The molecule has 1 radical (unpaired) electrons. The lowest BCUT2D eigenvalue weighted by Crippen LogP contribution is -2.07. The molecule has 0 aromatic heterocycles. The van der Waals surface area contributed by atoms with Gasteiger partial charge in [-0.1, -0.05) is 0 Å². The lowest BCUT2D eigenvalue weighted by Gasteiger charge is -1.99. The Kier molecular flexibility index (Phi) is 1.53. The van der Waals surface area contributed by atoms with E-state index < -0.39 is 5.97 Å². The summed E-state index contributed by atoms with van der Waals surface area (Å²) in [7, 11) is 0. The molecule has 0 amide bonds. The van der Waals surface area contributed by atoms with Crippen molar-refractivity contribution in [2.75, 3.05) is 6.54 Å². The summed E-state index contributed by atoms with van der Waals surface area (Å²) < 4.78 is 0. The van der Waals surface area contributed by atoms with Crippen LogP contribution in [0.2, 0.25) is 0 Å². The zero-order valence-electron chi connectivity index (χ0n) is 4.74. The van der Waals surface area contributed by atoms with Crippen LogP contribution in [0, 0.1) is 0 Å². The van der Waals surface area contributed by atoms with Crippen LogP contribution in [0.4, 0.5) is 0 Å². The van der Waals surface area contributed by atoms with Gasteiger partial charge >= 0.3 is 5.97 Å². The van der Waals surface area contributed by atoms with E-state index in [0.717, 1.165) is 0 Å². The summed E-state index contributed by atoms with van der Waals surface area (Å²) in [5, 5.41) is 12.2. The molecular formula is C6H6NO2. The second-order valence-electron chi connectivity index (χ2n) is 1.65. The van der Waals surface area contributed by atoms with Gasteiger partial charge in [-0.25, -0.2) is 4.79 Å². The fourth-order valence-corrected chi connectivity index (χ4v) is 0.572. The van der Waals surface area contributed by atoms with Crippen LogP contribution < -0.4 is 5.32 Å². The lowest BCUT2D eigenvalue weighted by atomic mass is 10.2. The number of carboxylic acid groups (broad SMARTS) is 1. The van der Waals surface area contributed by atoms with Crippen molar-refractivity contribution in [2.45, 2.75) is 0 Å². The van der Waals surface area contributed by atoms with Gasteiger partial charge in [0.1, 0.15) is 0 Å². The molecule has 0 atom stereocenters. The third-order valence-corrected chi connectivity index (χ3v) is 1.02. The van der Waals surface area contributed by atoms with Gasteiger partial charge in [0.25, 0.3) is 0 Å². The minimum absolute atomic E-state index is 0.324. The number of nitrogens with zero attached hydrogens (tertiary/aromatic N) is 1. The summed E-state index contributed by atoms with van der Waals surface area (Å²) in [5.74, 6) is -0.888. The quantitative estimate of drug-likeness (QED) is 0.540. The predicted octanol–water partition coefficient (Wildman–Crippen LogP) is 0.129. The van der Waals surface area contributed by atoms with Crippen LogP contribution in [0.5, 0.6) is 0 Å². The first-order valence-electron chi connectivity index (χ1n) is 2.57. The molecule has 1 aliphatic rings. The van der Waals surface area contributed by atoms with Crippen molar-refractivity contribution in [3.8, 4) is 0 Å². The van der Waals surface area contributed by atoms with E-state index in [4.69, 9.17) is 5.11 Å². The number of hydrogen-bond acceptors (Lipinski definition) is 1. The second-order valence-corrected chi connectivity index (χ2v) is 1.65. The van der Waals surface area contributed by atoms with Gasteiger partial charge in [0.05, 0.1) is 12.1 Å². The topological polar surface area (TPSA) is 51.4 Å². The van der Waals surface area contributed by atoms with E-state index in [2.05, 4.69) is 5.32 Å². The highest BCUT2D eigenvalue weighted by Crippen LogP contribution is 1.99. The van der Waals surface area contributed by atoms with Gasteiger partial charge in [-0.2, -0.15) is 0 Å². The minimum atomic E-state index is -0.888. The van der Waals surface area contributed by atoms with Crippen molar-refractivity contribution < 1.29 is 9.90 Å². The molecular weight excluding hydrogens is 118 g/mol. The van der Waals surface area contributed by atoms with E-state index >= 15 is 0 Å². The maximum atomic E-state index is 10.2.